The van der Waals surface area contributed by atoms with E-state index in [1.807, 2.05) is 18.7 Å². The van der Waals surface area contributed by atoms with Crippen LogP contribution in [0.5, 0.6) is 0 Å². The smallest absolute Gasteiger partial charge is 0.0739 e. The van der Waals surface area contributed by atoms with Crippen LogP contribution in [-0.4, -0.2) is 35.4 Å². The molecule has 1 unspecified atom stereocenters. The van der Waals surface area contributed by atoms with E-state index in [9.17, 15) is 0 Å². The summed E-state index contributed by atoms with van der Waals surface area (Å²) in [4.78, 5) is 0. The summed E-state index contributed by atoms with van der Waals surface area (Å²) in [6.45, 7) is 3.41. The van der Waals surface area contributed by atoms with Crippen molar-refractivity contribution >= 4 is 27.5 Å². The van der Waals surface area contributed by atoms with E-state index in [0.717, 1.165) is 28.8 Å². The van der Waals surface area contributed by atoms with E-state index in [1.165, 1.54) is 0 Å². The Morgan fingerprint density at radius 1 is 1.59 bits per heavy atom. The molecule has 1 heterocycles. The van der Waals surface area contributed by atoms with Gasteiger partial charge >= 0.3 is 0 Å². The lowest BCUT2D eigenvalue weighted by Crippen LogP contribution is -2.33. The van der Waals surface area contributed by atoms with Crippen molar-refractivity contribution in [1.82, 2.24) is 15.1 Å². The van der Waals surface area contributed by atoms with Crippen LogP contribution in [0.3, 0.4) is 0 Å². The molecular formula is C11H19BrClN3O. The predicted octanol–water partition coefficient (Wildman–Crippen LogP) is 2.22. The highest BCUT2D eigenvalue weighted by atomic mass is 79.9. The van der Waals surface area contributed by atoms with E-state index in [2.05, 4.69) is 26.3 Å². The van der Waals surface area contributed by atoms with E-state index in [1.54, 1.807) is 7.11 Å². The molecule has 98 valence electrons. The summed E-state index contributed by atoms with van der Waals surface area (Å²) in [6.07, 6.45) is 0.893. The molecule has 0 aromatic carbocycles. The lowest BCUT2D eigenvalue weighted by Gasteiger charge is -2.16. The first-order chi connectivity index (χ1) is 8.10. The Morgan fingerprint density at radius 2 is 2.29 bits per heavy atom. The number of methoxy groups -OCH3 is 1. The molecule has 1 aromatic heterocycles. The number of aromatic nitrogens is 2. The maximum Gasteiger partial charge on any atom is 0.0739 e. The van der Waals surface area contributed by atoms with Gasteiger partial charge in [-0.05, 0) is 29.3 Å². The maximum absolute atomic E-state index is 5.76. The standard InChI is InChI=1S/C11H19BrClN3O/c1-8-11(12)10(16(2)15-8)6-14-9(4-5-13)7-17-3/h9,14H,4-7H2,1-3H3. The van der Waals surface area contributed by atoms with E-state index < -0.39 is 0 Å². The van der Waals surface area contributed by atoms with Crippen molar-refractivity contribution in [3.63, 3.8) is 0 Å². The molecule has 0 radical (unpaired) electrons. The molecule has 0 bridgehead atoms. The maximum atomic E-state index is 5.76. The number of alkyl halides is 1. The van der Waals surface area contributed by atoms with E-state index in [4.69, 9.17) is 16.3 Å². The average Bonchev–Trinajstić information content (AvgIpc) is 2.51. The zero-order valence-corrected chi connectivity index (χ0v) is 12.8. The number of nitrogens with one attached hydrogen (secondary N) is 1. The molecule has 0 saturated carbocycles. The van der Waals surface area contributed by atoms with Crippen LogP contribution in [0.2, 0.25) is 0 Å². The van der Waals surface area contributed by atoms with Crippen LogP contribution in [0.4, 0.5) is 0 Å². The van der Waals surface area contributed by atoms with Crippen LogP contribution < -0.4 is 5.32 Å². The van der Waals surface area contributed by atoms with Gasteiger partial charge in [0.05, 0.1) is 22.5 Å². The van der Waals surface area contributed by atoms with Gasteiger partial charge in [0.15, 0.2) is 0 Å². The summed E-state index contributed by atoms with van der Waals surface area (Å²) in [6, 6.07) is 0.277. The number of halogens is 2. The summed E-state index contributed by atoms with van der Waals surface area (Å²) >= 11 is 9.31. The van der Waals surface area contributed by atoms with Gasteiger partial charge in [0.1, 0.15) is 0 Å². The van der Waals surface area contributed by atoms with Gasteiger partial charge in [-0.25, -0.2) is 0 Å². The average molecular weight is 325 g/mol. The Morgan fingerprint density at radius 3 is 2.76 bits per heavy atom. The fourth-order valence-electron chi connectivity index (χ4n) is 1.69. The molecule has 1 aromatic rings. The third-order valence-electron chi connectivity index (χ3n) is 2.65. The van der Waals surface area contributed by atoms with Crippen LogP contribution in [-0.2, 0) is 18.3 Å². The second-order valence-corrected chi connectivity index (χ2v) is 5.15. The van der Waals surface area contributed by atoms with Crippen molar-refractivity contribution in [2.75, 3.05) is 19.6 Å². The predicted molar refractivity (Wildman–Crippen MR) is 73.5 cm³/mol. The second-order valence-electron chi connectivity index (χ2n) is 3.98. The molecule has 0 aliphatic heterocycles. The van der Waals surface area contributed by atoms with Gasteiger partial charge in [0.25, 0.3) is 0 Å². The van der Waals surface area contributed by atoms with Crippen LogP contribution in [0, 0.1) is 6.92 Å². The summed E-state index contributed by atoms with van der Waals surface area (Å²) < 4.78 is 8.11. The Bertz CT molecular complexity index is 351. The molecule has 0 spiro atoms. The molecule has 1 N–H and O–H groups in total. The first-order valence-electron chi connectivity index (χ1n) is 5.56. The normalized spacial score (nSPS) is 13.0. The first-order valence-corrected chi connectivity index (χ1v) is 6.89. The van der Waals surface area contributed by atoms with Crippen molar-refractivity contribution < 1.29 is 4.74 Å². The highest BCUT2D eigenvalue weighted by molar-refractivity contribution is 9.10. The summed E-state index contributed by atoms with van der Waals surface area (Å²) in [7, 11) is 3.65. The third kappa shape index (κ3) is 4.25. The highest BCUT2D eigenvalue weighted by Crippen LogP contribution is 2.20. The van der Waals surface area contributed by atoms with Crippen LogP contribution in [0.15, 0.2) is 4.47 Å². The quantitative estimate of drug-likeness (QED) is 0.782. The minimum Gasteiger partial charge on any atom is -0.383 e. The zero-order chi connectivity index (χ0) is 12.8. The molecule has 0 amide bonds. The van der Waals surface area contributed by atoms with Crippen molar-refractivity contribution in [2.24, 2.45) is 7.05 Å². The largest absolute Gasteiger partial charge is 0.383 e. The van der Waals surface area contributed by atoms with Crippen LogP contribution in [0.25, 0.3) is 0 Å². The fourth-order valence-corrected chi connectivity index (χ4v) is 2.43. The van der Waals surface area contributed by atoms with Gasteiger partial charge in [-0.3, -0.25) is 4.68 Å². The summed E-state index contributed by atoms with van der Waals surface area (Å²) in [5.41, 5.74) is 2.14. The topological polar surface area (TPSA) is 39.1 Å². The molecule has 0 aliphatic carbocycles. The third-order valence-corrected chi connectivity index (χ3v) is 3.89. The highest BCUT2D eigenvalue weighted by Gasteiger charge is 2.13. The van der Waals surface area contributed by atoms with Crippen molar-refractivity contribution in [3.8, 4) is 0 Å². The van der Waals surface area contributed by atoms with Crippen molar-refractivity contribution in [1.29, 1.82) is 0 Å². The molecule has 1 atom stereocenters. The number of hydrogen-bond donors (Lipinski definition) is 1. The lowest BCUT2D eigenvalue weighted by atomic mass is 10.2. The van der Waals surface area contributed by atoms with Crippen LogP contribution in [0.1, 0.15) is 17.8 Å². The van der Waals surface area contributed by atoms with E-state index in [0.29, 0.717) is 12.5 Å². The second kappa shape index (κ2) is 7.36. The Labute approximate surface area is 116 Å². The molecule has 6 heteroatoms. The van der Waals surface area contributed by atoms with E-state index >= 15 is 0 Å². The molecule has 17 heavy (non-hydrogen) atoms. The van der Waals surface area contributed by atoms with Gasteiger partial charge in [0, 0.05) is 32.6 Å². The van der Waals surface area contributed by atoms with Crippen molar-refractivity contribution in [2.45, 2.75) is 25.9 Å². The minimum absolute atomic E-state index is 0.277. The number of hydrogen-bond acceptors (Lipinski definition) is 3. The summed E-state index contributed by atoms with van der Waals surface area (Å²) in [5.74, 6) is 0.632. The van der Waals surface area contributed by atoms with Gasteiger partial charge in [-0.15, -0.1) is 11.6 Å². The molecular weight excluding hydrogens is 305 g/mol. The van der Waals surface area contributed by atoms with Crippen LogP contribution >= 0.6 is 27.5 Å². The number of rotatable bonds is 7. The Hall–Kier alpha value is -0.100. The first kappa shape index (κ1) is 15.0. The number of aryl methyl sites for hydroxylation is 2. The van der Waals surface area contributed by atoms with Gasteiger partial charge < -0.3 is 10.1 Å². The zero-order valence-electron chi connectivity index (χ0n) is 10.5. The van der Waals surface area contributed by atoms with Gasteiger partial charge in [-0.2, -0.15) is 5.10 Å². The van der Waals surface area contributed by atoms with Gasteiger partial charge in [0.2, 0.25) is 0 Å². The number of ether oxygens (including phenoxy) is 1. The monoisotopic (exact) mass is 323 g/mol. The fraction of sp³-hybridized carbons (Fsp3) is 0.727. The minimum atomic E-state index is 0.277. The van der Waals surface area contributed by atoms with Gasteiger partial charge in [-0.1, -0.05) is 0 Å². The van der Waals surface area contributed by atoms with Crippen molar-refractivity contribution in [3.05, 3.63) is 15.9 Å². The molecule has 0 aliphatic rings. The molecule has 0 saturated heterocycles. The molecule has 0 fully saturated rings. The SMILES string of the molecule is COCC(CCCl)NCc1c(Br)c(C)nn1C. The van der Waals surface area contributed by atoms with E-state index in [-0.39, 0.29) is 6.04 Å². The molecule has 1 rings (SSSR count). The lowest BCUT2D eigenvalue weighted by molar-refractivity contribution is 0.163. The Kier molecular flexibility index (Phi) is 6.48. The molecule has 4 nitrogen and oxygen atoms in total. The Balaban J connectivity index is 2.58. The number of nitrogens with zero attached hydrogens (tertiary/aromatic N) is 2. The summed E-state index contributed by atoms with van der Waals surface area (Å²) in [5, 5.41) is 7.79.